The molecule has 1 atom stereocenters. The Kier molecular flexibility index (Phi) is 6.34. The molecule has 6 heteroatoms. The van der Waals surface area contributed by atoms with E-state index in [2.05, 4.69) is 10.6 Å². The Hall–Kier alpha value is -1.46. The summed E-state index contributed by atoms with van der Waals surface area (Å²) in [5.41, 5.74) is 1.15. The number of carbonyl (C=O) groups excluding carboxylic acids is 1. The number of nitrogens with one attached hydrogen (secondary N) is 2. The first-order valence-electron chi connectivity index (χ1n) is 7.72. The lowest BCUT2D eigenvalue weighted by Crippen LogP contribution is -2.47. The van der Waals surface area contributed by atoms with E-state index in [9.17, 15) is 4.79 Å². The van der Waals surface area contributed by atoms with Gasteiger partial charge >= 0.3 is 0 Å². The molecule has 0 aromatic heterocycles. The van der Waals surface area contributed by atoms with Gasteiger partial charge in [0.15, 0.2) is 11.5 Å². The van der Waals surface area contributed by atoms with E-state index in [1.54, 1.807) is 0 Å². The molecule has 0 radical (unpaired) electrons. The number of hydrogen-bond acceptors (Lipinski definition) is 4. The van der Waals surface area contributed by atoms with Crippen LogP contribution in [0.4, 0.5) is 0 Å². The van der Waals surface area contributed by atoms with Crippen LogP contribution in [0.15, 0.2) is 18.2 Å². The molecule has 5 nitrogen and oxygen atoms in total. The summed E-state index contributed by atoms with van der Waals surface area (Å²) in [6.45, 7) is 2.80. The number of benzene rings is 1. The topological polar surface area (TPSA) is 59.6 Å². The highest BCUT2D eigenvalue weighted by Gasteiger charge is 2.19. The molecule has 2 N–H and O–H groups in total. The van der Waals surface area contributed by atoms with Crippen molar-refractivity contribution < 1.29 is 14.3 Å². The van der Waals surface area contributed by atoms with Crippen molar-refractivity contribution >= 4 is 18.3 Å². The van der Waals surface area contributed by atoms with Gasteiger partial charge in [-0.05, 0) is 43.5 Å². The van der Waals surface area contributed by atoms with Crippen molar-refractivity contribution in [3.05, 3.63) is 23.8 Å². The molecule has 0 unspecified atom stereocenters. The second-order valence-corrected chi connectivity index (χ2v) is 5.52. The van der Waals surface area contributed by atoms with E-state index in [4.69, 9.17) is 9.47 Å². The molecular formula is C16H23ClN2O3. The maximum absolute atomic E-state index is 12.0. The molecular weight excluding hydrogens is 304 g/mol. The highest BCUT2D eigenvalue weighted by atomic mass is 35.5. The molecule has 22 heavy (non-hydrogen) atoms. The predicted octanol–water partition coefficient (Wildman–Crippen LogP) is 1.68. The highest BCUT2D eigenvalue weighted by molar-refractivity contribution is 5.85. The average Bonchev–Trinajstić information content (AvgIpc) is 2.55. The van der Waals surface area contributed by atoms with Crippen LogP contribution in [0.1, 0.15) is 24.8 Å². The first-order valence-corrected chi connectivity index (χ1v) is 7.72. The van der Waals surface area contributed by atoms with Gasteiger partial charge in [-0.25, -0.2) is 0 Å². The maximum Gasteiger partial charge on any atom is 0.237 e. The molecule has 0 saturated carbocycles. The molecule has 0 aliphatic carbocycles. The van der Waals surface area contributed by atoms with Gasteiger partial charge in [0, 0.05) is 6.54 Å². The van der Waals surface area contributed by atoms with Gasteiger partial charge in [0.2, 0.25) is 5.91 Å². The minimum absolute atomic E-state index is 0. The van der Waals surface area contributed by atoms with E-state index in [1.165, 1.54) is 6.42 Å². The Morgan fingerprint density at radius 3 is 2.82 bits per heavy atom. The third kappa shape index (κ3) is 4.27. The van der Waals surface area contributed by atoms with Crippen molar-refractivity contribution in [3.8, 4) is 11.5 Å². The third-order valence-corrected chi connectivity index (χ3v) is 3.95. The van der Waals surface area contributed by atoms with E-state index >= 15 is 0 Å². The van der Waals surface area contributed by atoms with Gasteiger partial charge in [-0.15, -0.1) is 12.4 Å². The van der Waals surface area contributed by atoms with Crippen LogP contribution in [0.25, 0.3) is 0 Å². The smallest absolute Gasteiger partial charge is 0.237 e. The third-order valence-electron chi connectivity index (χ3n) is 3.95. The van der Waals surface area contributed by atoms with Gasteiger partial charge in [-0.2, -0.15) is 0 Å². The Morgan fingerprint density at radius 1 is 1.23 bits per heavy atom. The van der Waals surface area contributed by atoms with Gasteiger partial charge in [0.25, 0.3) is 0 Å². The molecule has 1 fully saturated rings. The quantitative estimate of drug-likeness (QED) is 0.884. The van der Waals surface area contributed by atoms with Crippen molar-refractivity contribution in [2.24, 2.45) is 0 Å². The predicted molar refractivity (Wildman–Crippen MR) is 87.0 cm³/mol. The summed E-state index contributed by atoms with van der Waals surface area (Å²) < 4.78 is 11.1. The first kappa shape index (κ1) is 16.9. The SMILES string of the molecule is Cl.O=C(NCCc1ccc2c(c1)OCCO2)[C@@H]1CCCCN1. The van der Waals surface area contributed by atoms with Crippen LogP contribution in [0.3, 0.4) is 0 Å². The number of halogens is 1. The standard InChI is InChI=1S/C16H22N2O3.ClH/c19-16(13-3-1-2-7-17-13)18-8-6-12-4-5-14-15(11-12)21-10-9-20-14;/h4-5,11,13,17H,1-3,6-10H2,(H,18,19);1H/t13-;/m0./s1. The second kappa shape index (κ2) is 8.25. The summed E-state index contributed by atoms with van der Waals surface area (Å²) in [6.07, 6.45) is 4.04. The Bertz CT molecular complexity index is 504. The molecule has 1 amide bonds. The molecule has 2 aliphatic heterocycles. The molecule has 1 aromatic carbocycles. The van der Waals surface area contributed by atoms with E-state index in [0.717, 1.165) is 42.9 Å². The molecule has 1 saturated heterocycles. The van der Waals surface area contributed by atoms with E-state index in [0.29, 0.717) is 19.8 Å². The number of carbonyl (C=O) groups is 1. The van der Waals surface area contributed by atoms with Crippen molar-refractivity contribution in [3.63, 3.8) is 0 Å². The van der Waals surface area contributed by atoms with Gasteiger partial charge in [0.1, 0.15) is 13.2 Å². The van der Waals surface area contributed by atoms with E-state index < -0.39 is 0 Å². The van der Waals surface area contributed by atoms with Crippen LogP contribution in [-0.2, 0) is 11.2 Å². The molecule has 2 heterocycles. The number of hydrogen-bond donors (Lipinski definition) is 2. The van der Waals surface area contributed by atoms with Crippen LogP contribution in [-0.4, -0.2) is 38.3 Å². The summed E-state index contributed by atoms with van der Waals surface area (Å²) in [5.74, 6) is 1.73. The van der Waals surface area contributed by atoms with Crippen LogP contribution in [0.5, 0.6) is 11.5 Å². The minimum Gasteiger partial charge on any atom is -0.486 e. The van der Waals surface area contributed by atoms with Crippen LogP contribution in [0, 0.1) is 0 Å². The van der Waals surface area contributed by atoms with Gasteiger partial charge in [-0.3, -0.25) is 4.79 Å². The number of rotatable bonds is 4. The van der Waals surface area contributed by atoms with Crippen LogP contribution >= 0.6 is 12.4 Å². The maximum atomic E-state index is 12.0. The Labute approximate surface area is 137 Å². The van der Waals surface area contributed by atoms with Crippen LogP contribution in [0.2, 0.25) is 0 Å². The van der Waals surface area contributed by atoms with E-state index in [-0.39, 0.29) is 24.4 Å². The molecule has 0 bridgehead atoms. The molecule has 2 aliphatic rings. The monoisotopic (exact) mass is 326 g/mol. The lowest BCUT2D eigenvalue weighted by atomic mass is 10.0. The number of amides is 1. The van der Waals surface area contributed by atoms with Crippen molar-refractivity contribution in [1.29, 1.82) is 0 Å². The van der Waals surface area contributed by atoms with Crippen LogP contribution < -0.4 is 20.1 Å². The number of fused-ring (bicyclic) bond motifs is 1. The van der Waals surface area contributed by atoms with Crippen molar-refractivity contribution in [1.82, 2.24) is 10.6 Å². The summed E-state index contributed by atoms with van der Waals surface area (Å²) in [5, 5.41) is 6.27. The van der Waals surface area contributed by atoms with Gasteiger partial charge in [0.05, 0.1) is 6.04 Å². The van der Waals surface area contributed by atoms with Gasteiger partial charge in [-0.1, -0.05) is 12.5 Å². The first-order chi connectivity index (χ1) is 10.3. The molecule has 122 valence electrons. The average molecular weight is 327 g/mol. The molecule has 0 spiro atoms. The number of piperidine rings is 1. The highest BCUT2D eigenvalue weighted by Crippen LogP contribution is 2.30. The zero-order chi connectivity index (χ0) is 14.5. The zero-order valence-electron chi connectivity index (χ0n) is 12.6. The lowest BCUT2D eigenvalue weighted by Gasteiger charge is -2.22. The summed E-state index contributed by atoms with van der Waals surface area (Å²) in [4.78, 5) is 12.0. The molecule has 1 aromatic rings. The normalized spacial score (nSPS) is 19.9. The Morgan fingerprint density at radius 2 is 2.05 bits per heavy atom. The van der Waals surface area contributed by atoms with Gasteiger partial charge < -0.3 is 20.1 Å². The lowest BCUT2D eigenvalue weighted by molar-refractivity contribution is -0.123. The van der Waals surface area contributed by atoms with E-state index in [1.807, 2.05) is 18.2 Å². The fourth-order valence-corrected chi connectivity index (χ4v) is 2.77. The summed E-state index contributed by atoms with van der Waals surface area (Å²) in [7, 11) is 0. The summed E-state index contributed by atoms with van der Waals surface area (Å²) in [6, 6.07) is 5.95. The minimum atomic E-state index is -0.0148. The summed E-state index contributed by atoms with van der Waals surface area (Å²) >= 11 is 0. The Balaban J connectivity index is 0.00000176. The largest absolute Gasteiger partial charge is 0.486 e. The zero-order valence-corrected chi connectivity index (χ0v) is 13.4. The fraction of sp³-hybridized carbons (Fsp3) is 0.562. The van der Waals surface area contributed by atoms with Crippen molar-refractivity contribution in [2.75, 3.05) is 26.3 Å². The number of ether oxygens (including phenoxy) is 2. The fourth-order valence-electron chi connectivity index (χ4n) is 2.77. The van der Waals surface area contributed by atoms with Crippen molar-refractivity contribution in [2.45, 2.75) is 31.7 Å². The second-order valence-electron chi connectivity index (χ2n) is 5.52. The molecule has 3 rings (SSSR count).